The molecule has 3 aromatic rings. The van der Waals surface area contributed by atoms with Crippen molar-refractivity contribution < 1.29 is 4.74 Å². The summed E-state index contributed by atoms with van der Waals surface area (Å²) in [5.41, 5.74) is 2.61. The first kappa shape index (κ1) is 15.2. The molecule has 3 rings (SSSR count). The monoisotopic (exact) mass is 334 g/mol. The van der Waals surface area contributed by atoms with Crippen molar-refractivity contribution in [2.75, 3.05) is 6.61 Å². The first-order valence-electron chi connectivity index (χ1n) is 7.11. The molecule has 5 heteroatoms. The van der Waals surface area contributed by atoms with Crippen LogP contribution in [0.15, 0.2) is 36.4 Å². The molecule has 1 N–H and O–H groups in total. The third kappa shape index (κ3) is 3.21. The molecule has 0 amide bonds. The van der Waals surface area contributed by atoms with Gasteiger partial charge in [0.25, 0.3) is 0 Å². The number of nitrogens with one attached hydrogen (secondary N) is 1. The lowest BCUT2D eigenvalue weighted by Gasteiger charge is -2.09. The Labute approximate surface area is 139 Å². The van der Waals surface area contributed by atoms with E-state index in [1.807, 2.05) is 24.3 Å². The van der Waals surface area contributed by atoms with Gasteiger partial charge in [-0.25, -0.2) is 4.98 Å². The van der Waals surface area contributed by atoms with Crippen molar-refractivity contribution >= 4 is 34.2 Å². The van der Waals surface area contributed by atoms with Crippen LogP contribution in [0.2, 0.25) is 10.0 Å². The van der Waals surface area contributed by atoms with Crippen LogP contribution in [0.4, 0.5) is 0 Å². The molecule has 1 aromatic heterocycles. The topological polar surface area (TPSA) is 37.9 Å². The molecule has 0 saturated heterocycles. The molecule has 0 spiro atoms. The lowest BCUT2D eigenvalue weighted by atomic mass is 10.2. The molecule has 22 heavy (non-hydrogen) atoms. The smallest absolute Gasteiger partial charge is 0.138 e. The second-order valence-corrected chi connectivity index (χ2v) is 6.42. The number of fused-ring (bicyclic) bond motifs is 1. The zero-order valence-corrected chi connectivity index (χ0v) is 13.9. The number of aromatic nitrogens is 2. The minimum Gasteiger partial charge on any atom is -0.493 e. The molecule has 0 aliphatic heterocycles. The summed E-state index contributed by atoms with van der Waals surface area (Å²) in [6.07, 6.45) is 0. The summed E-state index contributed by atoms with van der Waals surface area (Å²) in [5, 5.41) is 1.01. The fourth-order valence-electron chi connectivity index (χ4n) is 2.14. The van der Waals surface area contributed by atoms with Gasteiger partial charge in [-0.15, -0.1) is 0 Å². The molecule has 0 saturated carbocycles. The van der Waals surface area contributed by atoms with Crippen LogP contribution in [-0.4, -0.2) is 16.6 Å². The van der Waals surface area contributed by atoms with Crippen molar-refractivity contribution in [1.82, 2.24) is 9.97 Å². The number of hydrogen-bond donors (Lipinski definition) is 1. The molecule has 3 nitrogen and oxygen atoms in total. The van der Waals surface area contributed by atoms with Gasteiger partial charge in [0.2, 0.25) is 0 Å². The van der Waals surface area contributed by atoms with E-state index in [4.69, 9.17) is 27.9 Å². The Hall–Kier alpha value is -1.71. The Balaban J connectivity index is 1.95. The second-order valence-electron chi connectivity index (χ2n) is 5.60. The molecule has 0 radical (unpaired) electrons. The standard InChI is InChI=1S/C17H16Cl2N2O/c1-10(2)9-22-12-5-3-4-11(6-12)17-20-15-7-13(18)14(19)8-16(15)21-17/h3-8,10H,9H2,1-2H3,(H,20,21). The fraction of sp³-hybridized carbons (Fsp3) is 0.235. The van der Waals surface area contributed by atoms with Crippen molar-refractivity contribution in [3.63, 3.8) is 0 Å². The lowest BCUT2D eigenvalue weighted by molar-refractivity contribution is 0.271. The fourth-order valence-corrected chi connectivity index (χ4v) is 2.46. The Bertz CT molecular complexity index is 773. The summed E-state index contributed by atoms with van der Waals surface area (Å²) in [4.78, 5) is 7.83. The van der Waals surface area contributed by atoms with E-state index in [9.17, 15) is 0 Å². The van der Waals surface area contributed by atoms with Crippen molar-refractivity contribution in [2.45, 2.75) is 13.8 Å². The largest absolute Gasteiger partial charge is 0.493 e. The quantitative estimate of drug-likeness (QED) is 0.677. The SMILES string of the molecule is CC(C)COc1cccc(-c2nc3cc(Cl)c(Cl)cc3[nH]2)c1. The van der Waals surface area contributed by atoms with E-state index < -0.39 is 0 Å². The summed E-state index contributed by atoms with van der Waals surface area (Å²) in [6, 6.07) is 11.4. The van der Waals surface area contributed by atoms with Gasteiger partial charge in [-0.3, -0.25) is 0 Å². The van der Waals surface area contributed by atoms with Crippen LogP contribution >= 0.6 is 23.2 Å². The molecular formula is C17H16Cl2N2O. The zero-order chi connectivity index (χ0) is 15.7. The van der Waals surface area contributed by atoms with Crippen molar-refractivity contribution in [3.05, 3.63) is 46.4 Å². The molecule has 0 fully saturated rings. The van der Waals surface area contributed by atoms with E-state index in [2.05, 4.69) is 23.8 Å². The van der Waals surface area contributed by atoms with Crippen LogP contribution in [0.25, 0.3) is 22.4 Å². The minimum atomic E-state index is 0.485. The van der Waals surface area contributed by atoms with Crippen LogP contribution in [-0.2, 0) is 0 Å². The first-order valence-corrected chi connectivity index (χ1v) is 7.86. The molecule has 114 valence electrons. The van der Waals surface area contributed by atoms with E-state index >= 15 is 0 Å². The van der Waals surface area contributed by atoms with Crippen LogP contribution in [0.5, 0.6) is 5.75 Å². The van der Waals surface area contributed by atoms with Crippen molar-refractivity contribution in [2.24, 2.45) is 5.92 Å². The number of imidazole rings is 1. The molecule has 0 atom stereocenters. The second kappa shape index (κ2) is 6.19. The minimum absolute atomic E-state index is 0.485. The maximum Gasteiger partial charge on any atom is 0.138 e. The molecule has 0 bridgehead atoms. The Morgan fingerprint density at radius 2 is 1.91 bits per heavy atom. The molecular weight excluding hydrogens is 319 g/mol. The number of benzene rings is 2. The lowest BCUT2D eigenvalue weighted by Crippen LogP contribution is -2.04. The molecule has 0 aliphatic carbocycles. The maximum atomic E-state index is 6.04. The highest BCUT2D eigenvalue weighted by Gasteiger charge is 2.09. The summed E-state index contributed by atoms with van der Waals surface area (Å²) in [6.45, 7) is 4.93. The van der Waals surface area contributed by atoms with E-state index in [1.54, 1.807) is 12.1 Å². The van der Waals surface area contributed by atoms with E-state index in [-0.39, 0.29) is 0 Å². The summed E-state index contributed by atoms with van der Waals surface area (Å²) in [7, 11) is 0. The van der Waals surface area contributed by atoms with Crippen LogP contribution in [0.1, 0.15) is 13.8 Å². The molecule has 0 aliphatic rings. The highest BCUT2D eigenvalue weighted by molar-refractivity contribution is 6.42. The summed E-state index contributed by atoms with van der Waals surface area (Å²) in [5.74, 6) is 2.09. The third-order valence-electron chi connectivity index (χ3n) is 3.21. The highest BCUT2D eigenvalue weighted by atomic mass is 35.5. The predicted octanol–water partition coefficient (Wildman–Crippen LogP) is 5.57. The number of hydrogen-bond acceptors (Lipinski definition) is 2. The number of aromatic amines is 1. The van der Waals surface area contributed by atoms with Crippen LogP contribution < -0.4 is 4.74 Å². The van der Waals surface area contributed by atoms with Crippen LogP contribution in [0, 0.1) is 5.92 Å². The van der Waals surface area contributed by atoms with Gasteiger partial charge in [0, 0.05) is 5.56 Å². The maximum absolute atomic E-state index is 6.04. The highest BCUT2D eigenvalue weighted by Crippen LogP contribution is 2.29. The number of halogens is 2. The van der Waals surface area contributed by atoms with Crippen LogP contribution in [0.3, 0.4) is 0 Å². The Morgan fingerprint density at radius 1 is 1.14 bits per heavy atom. The normalized spacial score (nSPS) is 11.3. The molecule has 0 unspecified atom stereocenters. The zero-order valence-electron chi connectivity index (χ0n) is 12.4. The number of rotatable bonds is 4. The number of nitrogens with zero attached hydrogens (tertiary/aromatic N) is 1. The van der Waals surface area contributed by atoms with Crippen molar-refractivity contribution in [1.29, 1.82) is 0 Å². The number of ether oxygens (including phenoxy) is 1. The van der Waals surface area contributed by atoms with Gasteiger partial charge in [-0.1, -0.05) is 49.2 Å². The number of H-pyrrole nitrogens is 1. The van der Waals surface area contributed by atoms with E-state index in [1.165, 1.54) is 0 Å². The van der Waals surface area contributed by atoms with E-state index in [0.29, 0.717) is 22.6 Å². The Morgan fingerprint density at radius 3 is 2.68 bits per heavy atom. The van der Waals surface area contributed by atoms with Gasteiger partial charge in [0.15, 0.2) is 0 Å². The molecule has 2 aromatic carbocycles. The first-order chi connectivity index (χ1) is 10.5. The van der Waals surface area contributed by atoms with Gasteiger partial charge < -0.3 is 9.72 Å². The van der Waals surface area contributed by atoms with Gasteiger partial charge in [-0.05, 0) is 30.2 Å². The summed E-state index contributed by atoms with van der Waals surface area (Å²) < 4.78 is 5.76. The van der Waals surface area contributed by atoms with Gasteiger partial charge in [0.05, 0.1) is 27.7 Å². The average Bonchev–Trinajstić information content (AvgIpc) is 2.89. The Kier molecular flexibility index (Phi) is 4.27. The van der Waals surface area contributed by atoms with Gasteiger partial charge >= 0.3 is 0 Å². The van der Waals surface area contributed by atoms with Crippen molar-refractivity contribution in [3.8, 4) is 17.1 Å². The van der Waals surface area contributed by atoms with Gasteiger partial charge in [-0.2, -0.15) is 0 Å². The van der Waals surface area contributed by atoms with Gasteiger partial charge in [0.1, 0.15) is 11.6 Å². The third-order valence-corrected chi connectivity index (χ3v) is 3.94. The average molecular weight is 335 g/mol. The van der Waals surface area contributed by atoms with E-state index in [0.717, 1.165) is 28.2 Å². The summed E-state index contributed by atoms with van der Waals surface area (Å²) >= 11 is 12.1. The molecule has 1 heterocycles. The predicted molar refractivity (Wildman–Crippen MR) is 91.9 cm³/mol.